The smallest absolute Gasteiger partial charge is 0.0681 e. The molecule has 0 saturated heterocycles. The molecule has 2 aromatic rings. The van der Waals surface area contributed by atoms with Gasteiger partial charge in [0.2, 0.25) is 0 Å². The Morgan fingerprint density at radius 1 is 1.29 bits per heavy atom. The van der Waals surface area contributed by atoms with Gasteiger partial charge in [0, 0.05) is 25.4 Å². The standard InChI is InChI=1S/C14H19N3/c1-4-15-10-12-6-5-11(2)13(9-12)14-7-8-16-17(14)3/h5-9,15H,4,10H2,1-3H3. The van der Waals surface area contributed by atoms with Gasteiger partial charge in [-0.1, -0.05) is 19.1 Å². The average Bonchev–Trinajstić information content (AvgIpc) is 2.74. The number of benzene rings is 1. The maximum atomic E-state index is 4.23. The number of hydrogen-bond acceptors (Lipinski definition) is 2. The fraction of sp³-hybridized carbons (Fsp3) is 0.357. The van der Waals surface area contributed by atoms with Gasteiger partial charge in [0.1, 0.15) is 0 Å². The lowest BCUT2D eigenvalue weighted by Crippen LogP contribution is -2.11. The van der Waals surface area contributed by atoms with E-state index in [4.69, 9.17) is 0 Å². The van der Waals surface area contributed by atoms with E-state index in [0.29, 0.717) is 0 Å². The van der Waals surface area contributed by atoms with Crippen LogP contribution in [0.15, 0.2) is 30.5 Å². The van der Waals surface area contributed by atoms with Crippen molar-refractivity contribution in [1.82, 2.24) is 15.1 Å². The van der Waals surface area contributed by atoms with E-state index in [9.17, 15) is 0 Å². The first kappa shape index (κ1) is 11.9. The third-order valence-electron chi connectivity index (χ3n) is 2.98. The molecule has 1 aromatic heterocycles. The molecule has 0 fully saturated rings. The van der Waals surface area contributed by atoms with Crippen LogP contribution in [0, 0.1) is 6.92 Å². The zero-order valence-electron chi connectivity index (χ0n) is 10.7. The Balaban J connectivity index is 2.36. The summed E-state index contributed by atoms with van der Waals surface area (Å²) in [5, 5.41) is 7.58. The zero-order valence-corrected chi connectivity index (χ0v) is 10.7. The molecule has 90 valence electrons. The Hall–Kier alpha value is -1.61. The van der Waals surface area contributed by atoms with Crippen molar-refractivity contribution in [2.45, 2.75) is 20.4 Å². The van der Waals surface area contributed by atoms with Crippen molar-refractivity contribution in [3.05, 3.63) is 41.6 Å². The van der Waals surface area contributed by atoms with Gasteiger partial charge in [-0.15, -0.1) is 0 Å². The SMILES string of the molecule is CCNCc1ccc(C)c(-c2ccnn2C)c1. The van der Waals surface area contributed by atoms with Crippen LogP contribution in [0.5, 0.6) is 0 Å². The lowest BCUT2D eigenvalue weighted by atomic mass is 10.0. The summed E-state index contributed by atoms with van der Waals surface area (Å²) in [7, 11) is 1.98. The van der Waals surface area contributed by atoms with Crippen molar-refractivity contribution in [2.75, 3.05) is 6.54 Å². The second-order valence-electron chi connectivity index (χ2n) is 4.27. The average molecular weight is 229 g/mol. The van der Waals surface area contributed by atoms with Gasteiger partial charge in [-0.3, -0.25) is 4.68 Å². The minimum Gasteiger partial charge on any atom is -0.313 e. The fourth-order valence-corrected chi connectivity index (χ4v) is 1.96. The van der Waals surface area contributed by atoms with E-state index in [2.05, 4.69) is 48.5 Å². The van der Waals surface area contributed by atoms with Crippen LogP contribution in [-0.2, 0) is 13.6 Å². The van der Waals surface area contributed by atoms with Gasteiger partial charge < -0.3 is 5.32 Å². The highest BCUT2D eigenvalue weighted by atomic mass is 15.3. The van der Waals surface area contributed by atoms with Crippen LogP contribution in [0.1, 0.15) is 18.1 Å². The Labute approximate surface area is 102 Å². The summed E-state index contributed by atoms with van der Waals surface area (Å²) >= 11 is 0. The summed E-state index contributed by atoms with van der Waals surface area (Å²) in [6.45, 7) is 6.17. The van der Waals surface area contributed by atoms with Crippen LogP contribution in [0.3, 0.4) is 0 Å². The highest BCUT2D eigenvalue weighted by Crippen LogP contribution is 2.23. The number of nitrogens with zero attached hydrogens (tertiary/aromatic N) is 2. The van der Waals surface area contributed by atoms with E-state index in [-0.39, 0.29) is 0 Å². The molecule has 0 aliphatic carbocycles. The molecule has 17 heavy (non-hydrogen) atoms. The maximum Gasteiger partial charge on any atom is 0.0681 e. The van der Waals surface area contributed by atoms with Gasteiger partial charge in [0.25, 0.3) is 0 Å². The van der Waals surface area contributed by atoms with Gasteiger partial charge in [-0.25, -0.2) is 0 Å². The Bertz CT molecular complexity index is 500. The Morgan fingerprint density at radius 3 is 2.76 bits per heavy atom. The highest BCUT2D eigenvalue weighted by Gasteiger charge is 2.06. The number of aryl methyl sites for hydroxylation is 2. The zero-order chi connectivity index (χ0) is 12.3. The van der Waals surface area contributed by atoms with Gasteiger partial charge in [-0.2, -0.15) is 5.10 Å². The topological polar surface area (TPSA) is 29.9 Å². The van der Waals surface area contributed by atoms with Crippen LogP contribution in [0.25, 0.3) is 11.3 Å². The molecule has 1 N–H and O–H groups in total. The Morgan fingerprint density at radius 2 is 2.12 bits per heavy atom. The summed E-state index contributed by atoms with van der Waals surface area (Å²) < 4.78 is 1.92. The molecule has 3 nitrogen and oxygen atoms in total. The molecule has 0 radical (unpaired) electrons. The van der Waals surface area contributed by atoms with E-state index < -0.39 is 0 Å². The molecule has 0 amide bonds. The third-order valence-corrected chi connectivity index (χ3v) is 2.98. The molecule has 0 saturated carbocycles. The van der Waals surface area contributed by atoms with Crippen molar-refractivity contribution < 1.29 is 0 Å². The highest BCUT2D eigenvalue weighted by molar-refractivity contribution is 5.64. The van der Waals surface area contributed by atoms with Crippen molar-refractivity contribution in [1.29, 1.82) is 0 Å². The van der Waals surface area contributed by atoms with E-state index in [0.717, 1.165) is 13.1 Å². The molecular weight excluding hydrogens is 210 g/mol. The van der Waals surface area contributed by atoms with Crippen LogP contribution < -0.4 is 5.32 Å². The number of aromatic nitrogens is 2. The summed E-state index contributed by atoms with van der Waals surface area (Å²) in [4.78, 5) is 0. The van der Waals surface area contributed by atoms with Gasteiger partial charge in [0.05, 0.1) is 5.69 Å². The molecule has 2 rings (SSSR count). The largest absolute Gasteiger partial charge is 0.313 e. The van der Waals surface area contributed by atoms with Gasteiger partial charge in [0.15, 0.2) is 0 Å². The predicted molar refractivity (Wildman–Crippen MR) is 70.8 cm³/mol. The molecule has 0 aliphatic rings. The summed E-state index contributed by atoms with van der Waals surface area (Å²) in [5.41, 5.74) is 5.03. The van der Waals surface area contributed by atoms with Crippen LogP contribution in [0.4, 0.5) is 0 Å². The fourth-order valence-electron chi connectivity index (χ4n) is 1.96. The molecule has 1 aromatic carbocycles. The monoisotopic (exact) mass is 229 g/mol. The van der Waals surface area contributed by atoms with Gasteiger partial charge >= 0.3 is 0 Å². The second-order valence-corrected chi connectivity index (χ2v) is 4.27. The molecule has 0 aliphatic heterocycles. The molecular formula is C14H19N3. The van der Waals surface area contributed by atoms with Gasteiger partial charge in [-0.05, 0) is 36.7 Å². The lowest BCUT2D eigenvalue weighted by Gasteiger charge is -2.09. The quantitative estimate of drug-likeness (QED) is 0.873. The molecule has 0 atom stereocenters. The molecule has 0 spiro atoms. The summed E-state index contributed by atoms with van der Waals surface area (Å²) in [5.74, 6) is 0. The lowest BCUT2D eigenvalue weighted by molar-refractivity contribution is 0.726. The Kier molecular flexibility index (Phi) is 3.59. The molecule has 0 unspecified atom stereocenters. The normalized spacial score (nSPS) is 10.8. The first-order valence-corrected chi connectivity index (χ1v) is 6.01. The molecule has 1 heterocycles. The number of hydrogen-bond donors (Lipinski definition) is 1. The van der Waals surface area contributed by atoms with Crippen LogP contribution in [-0.4, -0.2) is 16.3 Å². The van der Waals surface area contributed by atoms with Crippen molar-refractivity contribution in [3.8, 4) is 11.3 Å². The first-order valence-electron chi connectivity index (χ1n) is 6.01. The molecule has 3 heteroatoms. The number of nitrogens with one attached hydrogen (secondary N) is 1. The van der Waals surface area contributed by atoms with Crippen molar-refractivity contribution in [3.63, 3.8) is 0 Å². The van der Waals surface area contributed by atoms with Crippen LogP contribution >= 0.6 is 0 Å². The van der Waals surface area contributed by atoms with E-state index in [1.165, 1.54) is 22.4 Å². The summed E-state index contributed by atoms with van der Waals surface area (Å²) in [6, 6.07) is 8.65. The van der Waals surface area contributed by atoms with Crippen LogP contribution in [0.2, 0.25) is 0 Å². The molecule has 0 bridgehead atoms. The van der Waals surface area contributed by atoms with E-state index >= 15 is 0 Å². The van der Waals surface area contributed by atoms with Crippen molar-refractivity contribution >= 4 is 0 Å². The third kappa shape index (κ3) is 2.56. The van der Waals surface area contributed by atoms with Crippen molar-refractivity contribution in [2.24, 2.45) is 7.05 Å². The summed E-state index contributed by atoms with van der Waals surface area (Å²) in [6.07, 6.45) is 1.84. The number of rotatable bonds is 4. The van der Waals surface area contributed by atoms with E-state index in [1.807, 2.05) is 17.9 Å². The minimum atomic E-state index is 0.918. The predicted octanol–water partition coefficient (Wildman–Crippen LogP) is 2.51. The second kappa shape index (κ2) is 5.15. The maximum absolute atomic E-state index is 4.23. The van der Waals surface area contributed by atoms with E-state index in [1.54, 1.807) is 0 Å². The minimum absolute atomic E-state index is 0.918. The first-order chi connectivity index (χ1) is 8.22.